The molecule has 0 spiro atoms. The molecule has 124 valence electrons. The van der Waals surface area contributed by atoms with Gasteiger partial charge in [-0.2, -0.15) is 0 Å². The lowest BCUT2D eigenvalue weighted by molar-refractivity contribution is -0.134. The van der Waals surface area contributed by atoms with E-state index in [4.69, 9.17) is 27.5 Å². The van der Waals surface area contributed by atoms with Gasteiger partial charge in [-0.3, -0.25) is 0 Å². The van der Waals surface area contributed by atoms with Crippen molar-refractivity contribution in [2.45, 2.75) is 19.5 Å². The molecule has 0 unspecified atom stereocenters. The summed E-state index contributed by atoms with van der Waals surface area (Å²) in [5.41, 5.74) is 6.63. The minimum absolute atomic E-state index is 0.0597. The van der Waals surface area contributed by atoms with Gasteiger partial charge in [-0.1, -0.05) is 11.6 Å². The Labute approximate surface area is 136 Å². The number of carboxylic acid groups (broad SMARTS) is 2. The van der Waals surface area contributed by atoms with E-state index in [1.165, 1.54) is 6.07 Å². The van der Waals surface area contributed by atoms with Crippen LogP contribution in [0.25, 0.3) is 10.9 Å². The zero-order valence-corrected chi connectivity index (χ0v) is 13.0. The number of benzene rings is 1. The fraction of sp³-hybridized carbons (Fsp3) is 0.200. The molecule has 1 aromatic carbocycles. The number of aromatic nitrogens is 1. The van der Waals surface area contributed by atoms with Gasteiger partial charge in [0.2, 0.25) is 0 Å². The Balaban J connectivity index is 0.000000284. The molecule has 0 fully saturated rings. The smallest absolute Gasteiger partial charge is 0.328 e. The fourth-order valence-corrected chi connectivity index (χ4v) is 2.04. The van der Waals surface area contributed by atoms with Crippen molar-refractivity contribution in [3.05, 3.63) is 47.4 Å². The molecule has 2 rings (SSSR count). The average molecular weight is 343 g/mol. The van der Waals surface area contributed by atoms with Gasteiger partial charge in [0.05, 0.1) is 5.02 Å². The van der Waals surface area contributed by atoms with Crippen LogP contribution >= 0.6 is 11.6 Å². The van der Waals surface area contributed by atoms with Crippen molar-refractivity contribution in [3.63, 3.8) is 0 Å². The summed E-state index contributed by atoms with van der Waals surface area (Å²) < 4.78 is 15.1. The van der Waals surface area contributed by atoms with Gasteiger partial charge >= 0.3 is 11.9 Å². The van der Waals surface area contributed by atoms with E-state index in [9.17, 15) is 14.0 Å². The molecule has 0 amide bonds. The number of halogens is 2. The van der Waals surface area contributed by atoms with Crippen LogP contribution in [-0.4, -0.2) is 32.8 Å². The van der Waals surface area contributed by atoms with Crippen molar-refractivity contribution < 1.29 is 24.2 Å². The van der Waals surface area contributed by atoms with E-state index in [1.54, 1.807) is 6.07 Å². The number of aliphatic carboxylic acids is 2. The molecule has 0 saturated heterocycles. The first-order valence-electron chi connectivity index (χ1n) is 6.54. The maximum atomic E-state index is 13.2. The van der Waals surface area contributed by atoms with Gasteiger partial charge < -0.3 is 20.5 Å². The Bertz CT molecular complexity index is 724. The molecule has 0 radical (unpaired) electrons. The van der Waals surface area contributed by atoms with Crippen LogP contribution in [0.3, 0.4) is 0 Å². The second kappa shape index (κ2) is 8.30. The second-order valence-electron chi connectivity index (χ2n) is 4.75. The summed E-state index contributed by atoms with van der Waals surface area (Å²) in [4.78, 5) is 19.1. The van der Waals surface area contributed by atoms with Crippen LogP contribution in [0.1, 0.15) is 6.92 Å². The average Bonchev–Trinajstić information content (AvgIpc) is 2.84. The van der Waals surface area contributed by atoms with Gasteiger partial charge in [0, 0.05) is 41.8 Å². The van der Waals surface area contributed by atoms with Crippen molar-refractivity contribution in [1.82, 2.24) is 4.57 Å². The molecule has 8 heteroatoms. The van der Waals surface area contributed by atoms with Crippen LogP contribution in [0.5, 0.6) is 0 Å². The minimum atomic E-state index is -1.26. The first-order chi connectivity index (χ1) is 10.7. The summed E-state index contributed by atoms with van der Waals surface area (Å²) in [5.74, 6) is -2.90. The van der Waals surface area contributed by atoms with Gasteiger partial charge in [0.1, 0.15) is 5.82 Å². The topological polar surface area (TPSA) is 106 Å². The molecule has 2 aromatic rings. The number of carboxylic acids is 2. The van der Waals surface area contributed by atoms with Crippen molar-refractivity contribution in [3.8, 4) is 0 Å². The highest BCUT2D eigenvalue weighted by atomic mass is 35.5. The second-order valence-corrected chi connectivity index (χ2v) is 5.13. The van der Waals surface area contributed by atoms with E-state index >= 15 is 0 Å². The van der Waals surface area contributed by atoms with Crippen LogP contribution in [-0.2, 0) is 16.1 Å². The number of hydrogen-bond acceptors (Lipinski definition) is 3. The number of hydrogen-bond donors (Lipinski definition) is 3. The van der Waals surface area contributed by atoms with Crippen molar-refractivity contribution in [2.24, 2.45) is 5.73 Å². The molecular weight excluding hydrogens is 327 g/mol. The molecular formula is C15H16ClFN2O4. The van der Waals surface area contributed by atoms with E-state index in [0.29, 0.717) is 18.7 Å². The lowest BCUT2D eigenvalue weighted by Crippen LogP contribution is -2.21. The Morgan fingerprint density at radius 2 is 1.87 bits per heavy atom. The summed E-state index contributed by atoms with van der Waals surface area (Å²) in [7, 11) is 0. The lowest BCUT2D eigenvalue weighted by atomic mass is 10.2. The maximum Gasteiger partial charge on any atom is 0.328 e. The van der Waals surface area contributed by atoms with Gasteiger partial charge in [-0.25, -0.2) is 14.0 Å². The number of rotatable bonds is 4. The molecule has 4 N–H and O–H groups in total. The van der Waals surface area contributed by atoms with Crippen LogP contribution in [0.2, 0.25) is 5.02 Å². The molecule has 0 aliphatic rings. The molecule has 6 nitrogen and oxygen atoms in total. The molecule has 0 aliphatic heterocycles. The number of carbonyl (C=O) groups is 2. The predicted molar refractivity (Wildman–Crippen MR) is 85.0 cm³/mol. The highest BCUT2D eigenvalue weighted by molar-refractivity contribution is 6.35. The zero-order valence-electron chi connectivity index (χ0n) is 12.2. The third-order valence-corrected chi connectivity index (χ3v) is 3.08. The molecule has 0 aliphatic carbocycles. The van der Waals surface area contributed by atoms with E-state index in [-0.39, 0.29) is 16.9 Å². The highest BCUT2D eigenvalue weighted by Crippen LogP contribution is 2.27. The van der Waals surface area contributed by atoms with Crippen LogP contribution in [0.4, 0.5) is 4.39 Å². The molecule has 23 heavy (non-hydrogen) atoms. The number of nitrogens with zero attached hydrogens (tertiary/aromatic N) is 1. The minimum Gasteiger partial charge on any atom is -0.478 e. The lowest BCUT2D eigenvalue weighted by Gasteiger charge is -2.08. The van der Waals surface area contributed by atoms with Crippen molar-refractivity contribution in [2.75, 3.05) is 0 Å². The summed E-state index contributed by atoms with van der Waals surface area (Å²) >= 11 is 5.86. The molecule has 0 saturated carbocycles. The third kappa shape index (κ3) is 5.72. The summed E-state index contributed by atoms with van der Waals surface area (Å²) in [6.07, 6.45) is 2.99. The summed E-state index contributed by atoms with van der Waals surface area (Å²) in [5, 5.41) is 16.5. The van der Waals surface area contributed by atoms with E-state index in [1.807, 2.05) is 23.8 Å². The largest absolute Gasteiger partial charge is 0.478 e. The van der Waals surface area contributed by atoms with Crippen LogP contribution < -0.4 is 5.73 Å². The molecule has 1 aromatic heterocycles. The first-order valence-corrected chi connectivity index (χ1v) is 6.92. The molecule has 0 bridgehead atoms. The Hall–Kier alpha value is -2.38. The Kier molecular flexibility index (Phi) is 6.74. The first kappa shape index (κ1) is 18.7. The van der Waals surface area contributed by atoms with Gasteiger partial charge in [-0.05, 0) is 25.1 Å². The standard InChI is InChI=1S/C11H12ClFN2.C4H4O4/c1-7(14)6-15-5-4-8-10(15)3-2-9(13)11(8)12;5-3(6)1-2-4(7)8/h2-5,7H,6,14H2,1H3;1-2H,(H,5,6)(H,7,8)/b;2-1+/t7-;/m0./s1. The third-order valence-electron chi connectivity index (χ3n) is 2.69. The molecule has 1 atom stereocenters. The van der Waals surface area contributed by atoms with Gasteiger partial charge in [-0.15, -0.1) is 0 Å². The zero-order chi connectivity index (χ0) is 17.6. The maximum absolute atomic E-state index is 13.2. The van der Waals surface area contributed by atoms with E-state index in [0.717, 1.165) is 10.9 Å². The Morgan fingerprint density at radius 3 is 2.35 bits per heavy atom. The van der Waals surface area contributed by atoms with E-state index < -0.39 is 11.9 Å². The number of nitrogens with two attached hydrogens (primary N) is 1. The number of fused-ring (bicyclic) bond motifs is 1. The van der Waals surface area contributed by atoms with Gasteiger partial charge in [0.25, 0.3) is 0 Å². The SMILES string of the molecule is C[C@H](N)Cn1ccc2c(Cl)c(F)ccc21.O=C(O)/C=C/C(=O)O. The highest BCUT2D eigenvalue weighted by Gasteiger charge is 2.09. The summed E-state index contributed by atoms with van der Waals surface area (Å²) in [6.45, 7) is 2.63. The van der Waals surface area contributed by atoms with Crippen LogP contribution in [0, 0.1) is 5.82 Å². The van der Waals surface area contributed by atoms with Crippen molar-refractivity contribution >= 4 is 34.4 Å². The predicted octanol–water partition coefficient (Wildman–Crippen LogP) is 2.49. The van der Waals surface area contributed by atoms with Crippen LogP contribution in [0.15, 0.2) is 36.5 Å². The monoisotopic (exact) mass is 342 g/mol. The normalized spacial score (nSPS) is 12.0. The molecule has 1 heterocycles. The summed E-state index contributed by atoms with van der Waals surface area (Å²) in [6, 6.07) is 4.97. The Morgan fingerprint density at radius 1 is 1.30 bits per heavy atom. The fourth-order valence-electron chi connectivity index (χ4n) is 1.82. The van der Waals surface area contributed by atoms with Gasteiger partial charge in [0.15, 0.2) is 0 Å². The quantitative estimate of drug-likeness (QED) is 0.740. The van der Waals surface area contributed by atoms with E-state index in [2.05, 4.69) is 0 Å². The van der Waals surface area contributed by atoms with Crippen molar-refractivity contribution in [1.29, 1.82) is 0 Å².